The lowest BCUT2D eigenvalue weighted by Gasteiger charge is -2.26. The van der Waals surface area contributed by atoms with E-state index in [1.807, 2.05) is 0 Å². The molecule has 1 aliphatic heterocycles. The molecule has 2 aromatic carbocycles. The van der Waals surface area contributed by atoms with Crippen LogP contribution in [-0.2, 0) is 19.1 Å². The zero-order valence-electron chi connectivity index (χ0n) is 23.8. The third-order valence-electron chi connectivity index (χ3n) is 5.89. The van der Waals surface area contributed by atoms with Crippen LogP contribution in [0.25, 0.3) is 0 Å². The van der Waals surface area contributed by atoms with E-state index in [0.717, 1.165) is 0 Å². The summed E-state index contributed by atoms with van der Waals surface area (Å²) in [6.45, 7) is 4.28. The van der Waals surface area contributed by atoms with Crippen LogP contribution < -0.4 is 29.6 Å². The summed E-state index contributed by atoms with van der Waals surface area (Å²) in [6, 6.07) is 8.07. The number of halogens is 6. The molecule has 44 heavy (non-hydrogen) atoms. The predicted molar refractivity (Wildman–Crippen MR) is 170 cm³/mol. The van der Waals surface area contributed by atoms with Crippen LogP contribution in [0.15, 0.2) is 36.4 Å². The standard InChI is InChI=1S/C28H32Cl6N2O8/c1-17(37)35-25(27(29,30)31)19-3-5-21-23(15-19)43-13-9-39-8-12-42-22-6-4-20(26(28(32,33)34)36-18(2)38)16-24(22)44-14-10-40-7-11-41-21/h3-6,15-16,25-26H,7-14H2,1-2H3,(H,35,37)(H,36,38)/t25-,26+. The average molecular weight is 737 g/mol. The number of hydrogen-bond acceptors (Lipinski definition) is 8. The van der Waals surface area contributed by atoms with Gasteiger partial charge >= 0.3 is 0 Å². The van der Waals surface area contributed by atoms with Gasteiger partial charge < -0.3 is 39.1 Å². The lowest BCUT2D eigenvalue weighted by molar-refractivity contribution is -0.120. The summed E-state index contributed by atoms with van der Waals surface area (Å²) in [5, 5.41) is 5.29. The lowest BCUT2D eigenvalue weighted by atomic mass is 10.1. The SMILES string of the molecule is CC(=O)N[C@H](c1ccc2c(c1)OCCOCCOc1ccc([C@H](NC(C)=O)C(Cl)(Cl)Cl)cc1OCCOCCO2)C(Cl)(Cl)Cl. The minimum atomic E-state index is -1.81. The van der Waals surface area contributed by atoms with Gasteiger partial charge in [-0.1, -0.05) is 81.7 Å². The average Bonchev–Trinajstić information content (AvgIpc) is 2.93. The summed E-state index contributed by atoms with van der Waals surface area (Å²) in [6.07, 6.45) is 0. The van der Waals surface area contributed by atoms with Crippen molar-refractivity contribution >= 4 is 81.4 Å². The molecule has 0 bridgehead atoms. The smallest absolute Gasteiger partial charge is 0.217 e. The first-order valence-electron chi connectivity index (χ1n) is 13.4. The summed E-state index contributed by atoms with van der Waals surface area (Å²) in [7, 11) is 0. The maximum Gasteiger partial charge on any atom is 0.217 e. The maximum atomic E-state index is 11.7. The molecule has 1 heterocycles. The van der Waals surface area contributed by atoms with Crippen LogP contribution in [0.3, 0.4) is 0 Å². The van der Waals surface area contributed by atoms with Gasteiger partial charge in [-0.05, 0) is 35.4 Å². The van der Waals surface area contributed by atoms with Crippen LogP contribution >= 0.6 is 69.6 Å². The quantitative estimate of drug-likeness (QED) is 0.366. The zero-order valence-corrected chi connectivity index (χ0v) is 28.3. The zero-order chi connectivity index (χ0) is 32.3. The van der Waals surface area contributed by atoms with Crippen LogP contribution in [-0.4, -0.2) is 72.3 Å². The van der Waals surface area contributed by atoms with E-state index in [4.69, 9.17) is 98.0 Å². The van der Waals surface area contributed by atoms with Crippen LogP contribution in [0.1, 0.15) is 37.1 Å². The number of carbonyl (C=O) groups is 2. The van der Waals surface area contributed by atoms with Gasteiger partial charge in [0.05, 0.1) is 26.4 Å². The number of nitrogens with one attached hydrogen (secondary N) is 2. The summed E-state index contributed by atoms with van der Waals surface area (Å²) in [5.41, 5.74) is 1.01. The number of hydrogen-bond donors (Lipinski definition) is 2. The Morgan fingerprint density at radius 1 is 0.568 bits per heavy atom. The van der Waals surface area contributed by atoms with Crippen molar-refractivity contribution in [2.75, 3.05) is 52.9 Å². The summed E-state index contributed by atoms with van der Waals surface area (Å²) < 4.78 is 31.4. The summed E-state index contributed by atoms with van der Waals surface area (Å²) in [4.78, 5) is 23.5. The minimum Gasteiger partial charge on any atom is -0.487 e. The second-order valence-electron chi connectivity index (χ2n) is 9.38. The van der Waals surface area contributed by atoms with Gasteiger partial charge in [-0.2, -0.15) is 0 Å². The fraction of sp³-hybridized carbons (Fsp3) is 0.500. The number of alkyl halides is 6. The van der Waals surface area contributed by atoms with Crippen LogP contribution in [0.4, 0.5) is 0 Å². The molecule has 16 heteroatoms. The molecule has 10 nitrogen and oxygen atoms in total. The highest BCUT2D eigenvalue weighted by Gasteiger charge is 2.36. The van der Waals surface area contributed by atoms with E-state index >= 15 is 0 Å². The third kappa shape index (κ3) is 11.9. The van der Waals surface area contributed by atoms with Gasteiger partial charge in [0.1, 0.15) is 38.5 Å². The second kappa shape index (κ2) is 17.2. The van der Waals surface area contributed by atoms with Crippen molar-refractivity contribution in [3.63, 3.8) is 0 Å². The lowest BCUT2D eigenvalue weighted by Crippen LogP contribution is -2.35. The molecule has 2 amide bonds. The highest BCUT2D eigenvalue weighted by atomic mass is 35.6. The molecule has 3 rings (SSSR count). The first kappa shape index (κ1) is 36.7. The summed E-state index contributed by atoms with van der Waals surface area (Å²) in [5.74, 6) is 0.853. The Hall–Kier alpha value is -1.76. The van der Waals surface area contributed by atoms with Crippen LogP contribution in [0.5, 0.6) is 23.0 Å². The van der Waals surface area contributed by atoms with E-state index in [2.05, 4.69) is 10.6 Å². The van der Waals surface area contributed by atoms with Gasteiger partial charge in [-0.25, -0.2) is 0 Å². The number of amides is 2. The molecule has 0 saturated heterocycles. The Kier molecular flexibility index (Phi) is 14.4. The number of carbonyl (C=O) groups excluding carboxylic acids is 2. The predicted octanol–water partition coefficient (Wildman–Crippen LogP) is 6.04. The fourth-order valence-corrected chi connectivity index (χ4v) is 5.12. The highest BCUT2D eigenvalue weighted by Crippen LogP contribution is 2.43. The molecule has 1 aliphatic rings. The molecule has 0 radical (unpaired) electrons. The van der Waals surface area contributed by atoms with Gasteiger partial charge in [-0.3, -0.25) is 9.59 Å². The normalized spacial score (nSPS) is 16.9. The van der Waals surface area contributed by atoms with Crippen molar-refractivity contribution in [2.45, 2.75) is 33.5 Å². The van der Waals surface area contributed by atoms with E-state index < -0.39 is 19.7 Å². The Balaban J connectivity index is 1.72. The van der Waals surface area contributed by atoms with Gasteiger partial charge in [0.2, 0.25) is 19.4 Å². The first-order chi connectivity index (χ1) is 20.8. The fourth-order valence-electron chi connectivity index (χ4n) is 4.03. The Morgan fingerprint density at radius 2 is 0.886 bits per heavy atom. The largest absolute Gasteiger partial charge is 0.487 e. The maximum absolute atomic E-state index is 11.7. The highest BCUT2D eigenvalue weighted by molar-refractivity contribution is 6.68. The van der Waals surface area contributed by atoms with Crippen molar-refractivity contribution in [3.8, 4) is 23.0 Å². The second-order valence-corrected chi connectivity index (χ2v) is 14.1. The van der Waals surface area contributed by atoms with Crippen LogP contribution in [0.2, 0.25) is 0 Å². The first-order valence-corrected chi connectivity index (χ1v) is 15.6. The van der Waals surface area contributed by atoms with Crippen molar-refractivity contribution in [1.82, 2.24) is 10.6 Å². The Bertz CT molecular complexity index is 1160. The van der Waals surface area contributed by atoms with Crippen LogP contribution in [0, 0.1) is 0 Å². The molecule has 0 aliphatic carbocycles. The molecule has 244 valence electrons. The molecular weight excluding hydrogens is 705 g/mol. The molecule has 0 fully saturated rings. The van der Waals surface area contributed by atoms with Gasteiger partial charge in [0.25, 0.3) is 0 Å². The van der Waals surface area contributed by atoms with E-state index in [1.165, 1.54) is 13.8 Å². The van der Waals surface area contributed by atoms with Crippen molar-refractivity contribution < 1.29 is 38.0 Å². The Morgan fingerprint density at radius 3 is 1.18 bits per heavy atom. The molecule has 2 atom stereocenters. The Labute approximate surface area is 285 Å². The van der Waals surface area contributed by atoms with Gasteiger partial charge in [0, 0.05) is 13.8 Å². The number of fused-ring (bicyclic) bond motifs is 2. The molecule has 2 aromatic rings. The molecular formula is C28H32Cl6N2O8. The van der Waals surface area contributed by atoms with E-state index in [0.29, 0.717) is 34.1 Å². The van der Waals surface area contributed by atoms with Crippen molar-refractivity contribution in [1.29, 1.82) is 0 Å². The number of ether oxygens (including phenoxy) is 6. The topological polar surface area (TPSA) is 114 Å². The molecule has 2 N–H and O–H groups in total. The summed E-state index contributed by atoms with van der Waals surface area (Å²) >= 11 is 36.8. The van der Waals surface area contributed by atoms with Crippen molar-refractivity contribution in [3.05, 3.63) is 47.5 Å². The third-order valence-corrected chi connectivity index (χ3v) is 7.20. The molecule has 0 saturated carbocycles. The number of rotatable bonds is 4. The number of benzene rings is 2. The molecule has 0 spiro atoms. The molecule has 0 unspecified atom stereocenters. The van der Waals surface area contributed by atoms with E-state index in [9.17, 15) is 9.59 Å². The van der Waals surface area contributed by atoms with E-state index in [1.54, 1.807) is 36.4 Å². The minimum absolute atomic E-state index is 0.166. The van der Waals surface area contributed by atoms with Gasteiger partial charge in [0.15, 0.2) is 23.0 Å². The van der Waals surface area contributed by atoms with Gasteiger partial charge in [-0.15, -0.1) is 0 Å². The van der Waals surface area contributed by atoms with E-state index in [-0.39, 0.29) is 64.7 Å². The monoisotopic (exact) mass is 734 g/mol. The van der Waals surface area contributed by atoms with Crippen molar-refractivity contribution in [2.24, 2.45) is 0 Å². The molecule has 0 aromatic heterocycles.